The van der Waals surface area contributed by atoms with Crippen molar-refractivity contribution in [1.82, 2.24) is 0 Å². The maximum absolute atomic E-state index is 11.0. The summed E-state index contributed by atoms with van der Waals surface area (Å²) in [5.74, 6) is 0.0352. The Kier molecular flexibility index (Phi) is 3.45. The molecule has 0 bridgehead atoms. The van der Waals surface area contributed by atoms with Crippen LogP contribution in [0.15, 0.2) is 30.3 Å². The van der Waals surface area contributed by atoms with Gasteiger partial charge in [0.25, 0.3) is 10.1 Å². The van der Waals surface area contributed by atoms with Gasteiger partial charge in [-0.25, -0.2) is 0 Å². The van der Waals surface area contributed by atoms with Crippen LogP contribution in [0, 0.1) is 0 Å². The van der Waals surface area contributed by atoms with Crippen molar-refractivity contribution < 1.29 is 12.6 Å². The lowest BCUT2D eigenvalue weighted by molar-refractivity contribution is 0.397. The summed E-state index contributed by atoms with van der Waals surface area (Å²) in [7, 11) is -2.14. The Balaban J connectivity index is 2.54. The Hall–Kier alpha value is -0.870. The van der Waals surface area contributed by atoms with E-state index in [1.807, 2.05) is 30.3 Å². The number of hydrogen-bond donors (Lipinski definition) is 0. The molecule has 0 radical (unpaired) electrons. The summed E-state index contributed by atoms with van der Waals surface area (Å²) in [5, 5.41) is 0. The van der Waals surface area contributed by atoms with Crippen molar-refractivity contribution in [2.75, 3.05) is 12.9 Å². The van der Waals surface area contributed by atoms with Gasteiger partial charge in [-0.15, -0.1) is 0 Å². The van der Waals surface area contributed by atoms with Crippen LogP contribution in [0.3, 0.4) is 0 Å². The second kappa shape index (κ2) is 4.39. The van der Waals surface area contributed by atoms with Gasteiger partial charge < -0.3 is 0 Å². The Bertz CT molecular complexity index is 342. The maximum Gasteiger partial charge on any atom is 0.267 e. The minimum Gasteiger partial charge on any atom is -0.273 e. The summed E-state index contributed by atoms with van der Waals surface area (Å²) in [6.45, 7) is 0. The fraction of sp³-hybridized carbons (Fsp3) is 0.333. The van der Waals surface area contributed by atoms with Gasteiger partial charge in [-0.2, -0.15) is 8.42 Å². The summed E-state index contributed by atoms with van der Waals surface area (Å²) in [6, 6.07) is 9.45. The second-order valence-corrected chi connectivity index (χ2v) is 4.52. The number of rotatable bonds is 4. The SMILES string of the molecule is COS(=O)(=O)CCc1ccccc1. The highest BCUT2D eigenvalue weighted by Gasteiger charge is 2.07. The topological polar surface area (TPSA) is 43.4 Å². The molecule has 0 aliphatic carbocycles. The molecule has 4 heteroatoms. The van der Waals surface area contributed by atoms with Crippen molar-refractivity contribution in [3.63, 3.8) is 0 Å². The van der Waals surface area contributed by atoms with E-state index in [1.165, 1.54) is 7.11 Å². The van der Waals surface area contributed by atoms with Crippen LogP contribution in [0.1, 0.15) is 5.56 Å². The van der Waals surface area contributed by atoms with E-state index in [2.05, 4.69) is 4.18 Å². The zero-order valence-electron chi connectivity index (χ0n) is 7.43. The standard InChI is InChI=1S/C9H12O3S/c1-12-13(10,11)8-7-9-5-3-2-4-6-9/h2-6H,7-8H2,1H3. The van der Waals surface area contributed by atoms with Crippen molar-refractivity contribution in [2.45, 2.75) is 6.42 Å². The molecule has 1 rings (SSSR count). The molecular formula is C9H12O3S. The molecule has 0 aromatic heterocycles. The molecule has 1 aromatic carbocycles. The first kappa shape index (κ1) is 10.2. The monoisotopic (exact) mass is 200 g/mol. The predicted octanol–water partition coefficient (Wildman–Crippen LogP) is 1.21. The molecule has 72 valence electrons. The summed E-state index contributed by atoms with van der Waals surface area (Å²) in [5.41, 5.74) is 1.00. The first-order valence-electron chi connectivity index (χ1n) is 3.96. The smallest absolute Gasteiger partial charge is 0.267 e. The molecule has 0 amide bonds. The first-order valence-corrected chi connectivity index (χ1v) is 5.54. The van der Waals surface area contributed by atoms with Crippen LogP contribution in [-0.4, -0.2) is 21.3 Å². The lowest BCUT2D eigenvalue weighted by atomic mass is 10.2. The fourth-order valence-corrected chi connectivity index (χ4v) is 1.62. The second-order valence-electron chi connectivity index (χ2n) is 2.66. The molecule has 0 N–H and O–H groups in total. The Morgan fingerprint density at radius 1 is 1.23 bits per heavy atom. The van der Waals surface area contributed by atoms with Crippen LogP contribution in [0.2, 0.25) is 0 Å². The van der Waals surface area contributed by atoms with E-state index in [0.717, 1.165) is 5.56 Å². The Labute approximate surface area is 78.5 Å². The summed E-state index contributed by atoms with van der Waals surface area (Å²) in [4.78, 5) is 0. The lowest BCUT2D eigenvalue weighted by Crippen LogP contribution is -2.09. The van der Waals surface area contributed by atoms with Gasteiger partial charge >= 0.3 is 0 Å². The molecule has 0 aliphatic rings. The molecular weight excluding hydrogens is 188 g/mol. The summed E-state index contributed by atoms with van der Waals surface area (Å²) < 4.78 is 26.2. The van der Waals surface area contributed by atoms with Gasteiger partial charge in [0.2, 0.25) is 0 Å². The van der Waals surface area contributed by atoms with Crippen LogP contribution in [0.5, 0.6) is 0 Å². The van der Waals surface area contributed by atoms with E-state index in [4.69, 9.17) is 0 Å². The lowest BCUT2D eigenvalue weighted by Gasteiger charge is -2.00. The third-order valence-electron chi connectivity index (χ3n) is 1.74. The number of benzene rings is 1. The molecule has 0 heterocycles. The van der Waals surface area contributed by atoms with Crippen molar-refractivity contribution in [3.8, 4) is 0 Å². The van der Waals surface area contributed by atoms with Crippen LogP contribution in [-0.2, 0) is 20.7 Å². The zero-order chi connectivity index (χ0) is 9.73. The van der Waals surface area contributed by atoms with E-state index < -0.39 is 10.1 Å². The molecule has 3 nitrogen and oxygen atoms in total. The summed E-state index contributed by atoms with van der Waals surface area (Å²) >= 11 is 0. The van der Waals surface area contributed by atoms with Gasteiger partial charge in [0, 0.05) is 0 Å². The third kappa shape index (κ3) is 3.57. The number of hydrogen-bond acceptors (Lipinski definition) is 3. The maximum atomic E-state index is 11.0. The van der Waals surface area contributed by atoms with Crippen LogP contribution in [0.25, 0.3) is 0 Å². The molecule has 0 saturated carbocycles. The molecule has 0 atom stereocenters. The Morgan fingerprint density at radius 2 is 1.85 bits per heavy atom. The minimum atomic E-state index is -3.32. The largest absolute Gasteiger partial charge is 0.273 e. The van der Waals surface area contributed by atoms with Gasteiger partial charge in [-0.05, 0) is 12.0 Å². The molecule has 13 heavy (non-hydrogen) atoms. The van der Waals surface area contributed by atoms with Crippen molar-refractivity contribution in [3.05, 3.63) is 35.9 Å². The van der Waals surface area contributed by atoms with Gasteiger partial charge in [0.15, 0.2) is 0 Å². The van der Waals surface area contributed by atoms with Gasteiger partial charge in [0.05, 0.1) is 12.9 Å². The molecule has 1 aromatic rings. The van der Waals surface area contributed by atoms with Crippen LogP contribution >= 0.6 is 0 Å². The highest BCUT2D eigenvalue weighted by atomic mass is 32.2. The van der Waals surface area contributed by atoms with Gasteiger partial charge in [0.1, 0.15) is 0 Å². The average molecular weight is 200 g/mol. The van der Waals surface area contributed by atoms with Crippen LogP contribution < -0.4 is 0 Å². The van der Waals surface area contributed by atoms with E-state index >= 15 is 0 Å². The first-order chi connectivity index (χ1) is 6.14. The van der Waals surface area contributed by atoms with E-state index in [-0.39, 0.29) is 5.75 Å². The quantitative estimate of drug-likeness (QED) is 0.686. The van der Waals surface area contributed by atoms with Crippen molar-refractivity contribution in [1.29, 1.82) is 0 Å². The average Bonchev–Trinajstić information content (AvgIpc) is 2.17. The molecule has 0 spiro atoms. The van der Waals surface area contributed by atoms with Crippen LogP contribution in [0.4, 0.5) is 0 Å². The molecule has 0 fully saturated rings. The highest BCUT2D eigenvalue weighted by molar-refractivity contribution is 7.86. The fourth-order valence-electron chi connectivity index (χ4n) is 0.971. The third-order valence-corrected chi connectivity index (χ3v) is 2.95. The molecule has 0 unspecified atom stereocenters. The number of aryl methyl sites for hydroxylation is 1. The van der Waals surface area contributed by atoms with E-state index in [1.54, 1.807) is 0 Å². The predicted molar refractivity (Wildman–Crippen MR) is 50.9 cm³/mol. The molecule has 0 saturated heterocycles. The van der Waals surface area contributed by atoms with Crippen molar-refractivity contribution >= 4 is 10.1 Å². The molecule has 0 aliphatic heterocycles. The highest BCUT2D eigenvalue weighted by Crippen LogP contribution is 2.02. The zero-order valence-corrected chi connectivity index (χ0v) is 8.25. The minimum absolute atomic E-state index is 0.0352. The van der Waals surface area contributed by atoms with E-state index in [0.29, 0.717) is 6.42 Å². The normalized spacial score (nSPS) is 11.5. The van der Waals surface area contributed by atoms with Gasteiger partial charge in [-0.3, -0.25) is 4.18 Å². The summed E-state index contributed by atoms with van der Waals surface area (Å²) in [6.07, 6.45) is 0.497. The van der Waals surface area contributed by atoms with Crippen molar-refractivity contribution in [2.24, 2.45) is 0 Å². The van der Waals surface area contributed by atoms with E-state index in [9.17, 15) is 8.42 Å². The van der Waals surface area contributed by atoms with Gasteiger partial charge in [-0.1, -0.05) is 30.3 Å². The Morgan fingerprint density at radius 3 is 2.38 bits per heavy atom.